The number of carboxylic acids is 1. The number of rotatable bonds is 2. The lowest BCUT2D eigenvalue weighted by molar-refractivity contribution is -0.147. The van der Waals surface area contributed by atoms with Gasteiger partial charge < -0.3 is 14.9 Å². The zero-order valence-corrected chi connectivity index (χ0v) is 9.23. The van der Waals surface area contributed by atoms with E-state index in [0.717, 1.165) is 12.0 Å². The van der Waals surface area contributed by atoms with E-state index in [9.17, 15) is 9.90 Å². The van der Waals surface area contributed by atoms with Crippen LogP contribution >= 0.6 is 0 Å². The fraction of sp³-hybridized carbons (Fsp3) is 0.417. The van der Waals surface area contributed by atoms with E-state index in [4.69, 9.17) is 9.84 Å². The molecule has 0 bridgehead atoms. The quantitative estimate of drug-likeness (QED) is 0.796. The van der Waals surface area contributed by atoms with Gasteiger partial charge in [0.25, 0.3) is 0 Å². The maximum absolute atomic E-state index is 10.8. The van der Waals surface area contributed by atoms with Crippen LogP contribution in [0.3, 0.4) is 0 Å². The number of aliphatic hydroxyl groups excluding tert-OH is 1. The minimum atomic E-state index is -1.52. The first-order valence-corrected chi connectivity index (χ1v) is 5.12. The first kappa shape index (κ1) is 11.0. The summed E-state index contributed by atoms with van der Waals surface area (Å²) in [4.78, 5) is 10.8. The van der Waals surface area contributed by atoms with Gasteiger partial charge in [-0.2, -0.15) is 0 Å². The average Bonchev–Trinajstić information content (AvgIpc) is 2.49. The van der Waals surface area contributed by atoms with Crippen molar-refractivity contribution >= 4 is 5.97 Å². The molecule has 86 valence electrons. The topological polar surface area (TPSA) is 66.8 Å². The van der Waals surface area contributed by atoms with Crippen LogP contribution in [0, 0.1) is 0 Å². The Morgan fingerprint density at radius 3 is 2.81 bits per heavy atom. The summed E-state index contributed by atoms with van der Waals surface area (Å²) < 4.78 is 5.67. The van der Waals surface area contributed by atoms with Crippen LogP contribution in [0.1, 0.15) is 31.1 Å². The molecule has 0 spiro atoms. The van der Waals surface area contributed by atoms with Crippen LogP contribution in [0.15, 0.2) is 18.2 Å². The third kappa shape index (κ3) is 1.76. The Labute approximate surface area is 93.5 Å². The van der Waals surface area contributed by atoms with Crippen LogP contribution < -0.4 is 4.74 Å². The van der Waals surface area contributed by atoms with Crippen LogP contribution in [-0.2, 0) is 11.2 Å². The highest BCUT2D eigenvalue weighted by Crippen LogP contribution is 2.39. The molecule has 1 aromatic carbocycles. The van der Waals surface area contributed by atoms with Gasteiger partial charge in [0.05, 0.1) is 0 Å². The minimum absolute atomic E-state index is 0.329. The fourth-order valence-electron chi connectivity index (χ4n) is 1.99. The fourth-order valence-corrected chi connectivity index (χ4v) is 1.99. The zero-order valence-electron chi connectivity index (χ0n) is 9.23. The van der Waals surface area contributed by atoms with Crippen molar-refractivity contribution in [1.82, 2.24) is 0 Å². The summed E-state index contributed by atoms with van der Waals surface area (Å²) in [5.41, 5.74) is 0.940. The summed E-state index contributed by atoms with van der Waals surface area (Å²) >= 11 is 0. The maximum Gasteiger partial charge on any atom is 0.337 e. The summed E-state index contributed by atoms with van der Waals surface area (Å²) in [6.45, 7) is 3.87. The molecule has 1 atom stereocenters. The lowest BCUT2D eigenvalue weighted by Crippen LogP contribution is -2.25. The second kappa shape index (κ2) is 3.49. The SMILES string of the molecule is CC1(C)Cc2cccc(C(O)C(=O)O)c2O1. The molecule has 0 aliphatic carbocycles. The number of para-hydroxylation sites is 1. The molecule has 1 unspecified atom stereocenters. The minimum Gasteiger partial charge on any atom is -0.487 e. The monoisotopic (exact) mass is 222 g/mol. The van der Waals surface area contributed by atoms with E-state index in [2.05, 4.69) is 0 Å². The van der Waals surface area contributed by atoms with E-state index in [-0.39, 0.29) is 5.60 Å². The van der Waals surface area contributed by atoms with Crippen molar-refractivity contribution in [3.05, 3.63) is 29.3 Å². The molecule has 2 rings (SSSR count). The molecule has 0 amide bonds. The summed E-state index contributed by atoms with van der Waals surface area (Å²) in [5.74, 6) is -0.746. The number of carbonyl (C=O) groups is 1. The van der Waals surface area contributed by atoms with E-state index in [1.54, 1.807) is 12.1 Å². The Kier molecular flexibility index (Phi) is 2.39. The van der Waals surface area contributed by atoms with Crippen molar-refractivity contribution < 1.29 is 19.7 Å². The molecule has 0 saturated carbocycles. The van der Waals surface area contributed by atoms with Gasteiger partial charge in [0, 0.05) is 12.0 Å². The summed E-state index contributed by atoms with van der Waals surface area (Å²) in [6.07, 6.45) is -0.799. The molecule has 0 radical (unpaired) electrons. The van der Waals surface area contributed by atoms with E-state index in [0.29, 0.717) is 11.3 Å². The van der Waals surface area contributed by atoms with Crippen LogP contribution in [0.25, 0.3) is 0 Å². The molecular weight excluding hydrogens is 208 g/mol. The first-order chi connectivity index (χ1) is 7.41. The molecule has 1 aliphatic rings. The second-order valence-electron chi connectivity index (χ2n) is 4.61. The van der Waals surface area contributed by atoms with E-state index in [1.165, 1.54) is 0 Å². The molecule has 0 saturated heterocycles. The molecule has 4 heteroatoms. The molecule has 1 aliphatic heterocycles. The van der Waals surface area contributed by atoms with E-state index >= 15 is 0 Å². The molecule has 0 fully saturated rings. The number of hydrogen-bond acceptors (Lipinski definition) is 3. The highest BCUT2D eigenvalue weighted by Gasteiger charge is 2.34. The van der Waals surface area contributed by atoms with E-state index < -0.39 is 12.1 Å². The number of carboxylic acid groups (broad SMARTS) is 1. The molecule has 4 nitrogen and oxygen atoms in total. The molecule has 16 heavy (non-hydrogen) atoms. The molecule has 2 N–H and O–H groups in total. The third-order valence-corrected chi connectivity index (χ3v) is 2.65. The normalized spacial score (nSPS) is 18.7. The number of aliphatic hydroxyl groups is 1. The zero-order chi connectivity index (χ0) is 11.9. The van der Waals surface area contributed by atoms with Gasteiger partial charge in [0.1, 0.15) is 11.4 Å². The van der Waals surface area contributed by atoms with Crippen molar-refractivity contribution in [2.75, 3.05) is 0 Å². The highest BCUT2D eigenvalue weighted by molar-refractivity contribution is 5.75. The molecule has 1 heterocycles. The summed E-state index contributed by atoms with van der Waals surface area (Å²) in [5, 5.41) is 18.3. The number of benzene rings is 1. The Balaban J connectivity index is 2.45. The van der Waals surface area contributed by atoms with Gasteiger partial charge in [-0.05, 0) is 19.4 Å². The standard InChI is InChI=1S/C12H14O4/c1-12(2)6-7-4-3-5-8(10(7)16-12)9(13)11(14)15/h3-5,9,13H,6H2,1-2H3,(H,14,15). The number of hydrogen-bond donors (Lipinski definition) is 2. The van der Waals surface area contributed by atoms with Crippen LogP contribution in [0.4, 0.5) is 0 Å². The smallest absolute Gasteiger partial charge is 0.337 e. The van der Waals surface area contributed by atoms with Crippen molar-refractivity contribution in [3.63, 3.8) is 0 Å². The van der Waals surface area contributed by atoms with Gasteiger partial charge in [-0.25, -0.2) is 4.79 Å². The van der Waals surface area contributed by atoms with E-state index in [1.807, 2.05) is 19.9 Å². The molecule has 0 aromatic heterocycles. The average molecular weight is 222 g/mol. The van der Waals surface area contributed by atoms with Gasteiger partial charge in [-0.3, -0.25) is 0 Å². The first-order valence-electron chi connectivity index (χ1n) is 5.12. The van der Waals surface area contributed by atoms with Crippen molar-refractivity contribution in [3.8, 4) is 5.75 Å². The molecular formula is C12H14O4. The largest absolute Gasteiger partial charge is 0.487 e. The van der Waals surface area contributed by atoms with Gasteiger partial charge in [0.15, 0.2) is 6.10 Å². The Hall–Kier alpha value is -1.55. The van der Waals surface area contributed by atoms with Crippen LogP contribution in [0.2, 0.25) is 0 Å². The Morgan fingerprint density at radius 1 is 1.50 bits per heavy atom. The predicted molar refractivity (Wildman–Crippen MR) is 57.4 cm³/mol. The van der Waals surface area contributed by atoms with Gasteiger partial charge >= 0.3 is 5.97 Å². The Bertz CT molecular complexity index is 437. The van der Waals surface area contributed by atoms with Crippen LogP contribution in [-0.4, -0.2) is 21.8 Å². The lowest BCUT2D eigenvalue weighted by Gasteiger charge is -2.18. The van der Waals surface area contributed by atoms with Gasteiger partial charge in [-0.1, -0.05) is 18.2 Å². The second-order valence-corrected chi connectivity index (χ2v) is 4.61. The van der Waals surface area contributed by atoms with Crippen LogP contribution in [0.5, 0.6) is 5.75 Å². The van der Waals surface area contributed by atoms with Gasteiger partial charge in [-0.15, -0.1) is 0 Å². The maximum atomic E-state index is 10.8. The van der Waals surface area contributed by atoms with Crippen molar-refractivity contribution in [1.29, 1.82) is 0 Å². The molecule has 1 aromatic rings. The number of aliphatic carboxylic acids is 1. The summed E-state index contributed by atoms with van der Waals surface area (Å²) in [6, 6.07) is 5.21. The predicted octanol–water partition coefficient (Wildman–Crippen LogP) is 1.52. The lowest BCUT2D eigenvalue weighted by atomic mass is 9.99. The van der Waals surface area contributed by atoms with Crippen molar-refractivity contribution in [2.45, 2.75) is 32.0 Å². The third-order valence-electron chi connectivity index (χ3n) is 2.65. The Morgan fingerprint density at radius 2 is 2.19 bits per heavy atom. The van der Waals surface area contributed by atoms with Gasteiger partial charge in [0.2, 0.25) is 0 Å². The highest BCUT2D eigenvalue weighted by atomic mass is 16.5. The van der Waals surface area contributed by atoms with Crippen molar-refractivity contribution in [2.24, 2.45) is 0 Å². The summed E-state index contributed by atoms with van der Waals surface area (Å²) in [7, 11) is 0. The number of ether oxygens (including phenoxy) is 1. The number of fused-ring (bicyclic) bond motifs is 1.